The minimum atomic E-state index is -0.907. The number of aliphatic carboxylic acids is 2. The summed E-state index contributed by atoms with van der Waals surface area (Å²) in [7, 11) is 0. The molecule has 4 heterocycles. The molecule has 0 saturated carbocycles. The van der Waals surface area contributed by atoms with E-state index in [1.807, 2.05) is 81.1 Å². The molecule has 37 heavy (non-hydrogen) atoms. The second-order valence-corrected chi connectivity index (χ2v) is 9.33. The van der Waals surface area contributed by atoms with Crippen molar-refractivity contribution in [3.05, 3.63) is 72.6 Å². The maximum atomic E-state index is 12.3. The first-order valence-electron chi connectivity index (χ1n) is 12.3. The normalized spacial score (nSPS) is 20.1. The molecule has 0 spiro atoms. The molecule has 0 bridgehead atoms. The number of rotatable bonds is 6. The van der Waals surface area contributed by atoms with Crippen LogP contribution in [0.3, 0.4) is 0 Å². The number of carbonyl (C=O) groups is 2. The third kappa shape index (κ3) is 5.00. The lowest BCUT2D eigenvalue weighted by Gasteiger charge is -2.43. The summed E-state index contributed by atoms with van der Waals surface area (Å²) in [5.74, 6) is -0.296. The van der Waals surface area contributed by atoms with Gasteiger partial charge in [0.05, 0.1) is 13.1 Å². The van der Waals surface area contributed by atoms with Crippen molar-refractivity contribution in [1.29, 1.82) is 0 Å². The van der Waals surface area contributed by atoms with Crippen LogP contribution in [0.2, 0.25) is 0 Å². The molecule has 2 aromatic heterocycles. The van der Waals surface area contributed by atoms with Crippen LogP contribution in [0.1, 0.15) is 5.56 Å². The maximum Gasteiger partial charge on any atom is 0.328 e. The van der Waals surface area contributed by atoms with E-state index in [2.05, 4.69) is 9.97 Å². The molecule has 2 N–H and O–H groups in total. The van der Waals surface area contributed by atoms with Gasteiger partial charge in [-0.3, -0.25) is 0 Å². The second-order valence-electron chi connectivity index (χ2n) is 9.33. The summed E-state index contributed by atoms with van der Waals surface area (Å²) < 4.78 is 0. The van der Waals surface area contributed by atoms with Crippen LogP contribution in [0.5, 0.6) is 0 Å². The zero-order valence-electron chi connectivity index (χ0n) is 20.6. The summed E-state index contributed by atoms with van der Waals surface area (Å²) in [6.45, 7) is 4.83. The highest BCUT2D eigenvalue weighted by atomic mass is 16.4. The van der Waals surface area contributed by atoms with E-state index in [9.17, 15) is 19.8 Å². The van der Waals surface area contributed by atoms with Crippen molar-refractivity contribution < 1.29 is 19.8 Å². The Morgan fingerprint density at radius 2 is 1.30 bits per heavy atom. The van der Waals surface area contributed by atoms with E-state index in [1.165, 1.54) is 0 Å². The van der Waals surface area contributed by atoms with E-state index < -0.39 is 24.0 Å². The molecule has 2 atom stereocenters. The van der Waals surface area contributed by atoms with Crippen LogP contribution in [0, 0.1) is 6.92 Å². The first kappa shape index (κ1) is 24.4. The molecule has 3 aromatic rings. The van der Waals surface area contributed by atoms with Crippen LogP contribution in [0.25, 0.3) is 0 Å². The number of aromatic nitrogens is 2. The lowest BCUT2D eigenvalue weighted by atomic mass is 10.0. The fourth-order valence-corrected chi connectivity index (χ4v) is 5.17. The number of aryl methyl sites for hydroxylation is 1. The first-order valence-corrected chi connectivity index (χ1v) is 12.3. The van der Waals surface area contributed by atoms with Crippen LogP contribution in [-0.4, -0.2) is 83.5 Å². The van der Waals surface area contributed by atoms with Gasteiger partial charge in [-0.05, 0) is 48.9 Å². The molecule has 2 aliphatic rings. The molecule has 5 rings (SSSR count). The molecule has 192 valence electrons. The SMILES string of the molecule is Cc1ccc(N2CCN(c3ccccn3)C[C@H]2C(=O)O)cc1N1CCN(c2ccccn2)C[C@H]1C(=O)O. The van der Waals surface area contributed by atoms with Gasteiger partial charge in [-0.25, -0.2) is 19.6 Å². The van der Waals surface area contributed by atoms with Crippen molar-refractivity contribution in [2.45, 2.75) is 19.0 Å². The van der Waals surface area contributed by atoms with Gasteiger partial charge in [0.25, 0.3) is 0 Å². The average molecular weight is 503 g/mol. The van der Waals surface area contributed by atoms with Crippen molar-refractivity contribution >= 4 is 34.9 Å². The molecule has 0 aliphatic carbocycles. The number of hydrogen-bond donors (Lipinski definition) is 2. The summed E-state index contributed by atoms with van der Waals surface area (Å²) in [6.07, 6.45) is 3.41. The zero-order chi connectivity index (χ0) is 25.9. The number of anilines is 4. The molecule has 10 heteroatoms. The van der Waals surface area contributed by atoms with E-state index in [4.69, 9.17) is 0 Å². The number of nitrogens with zero attached hydrogens (tertiary/aromatic N) is 6. The quantitative estimate of drug-likeness (QED) is 0.521. The van der Waals surface area contributed by atoms with Gasteiger partial charge in [0.1, 0.15) is 23.7 Å². The Balaban J connectivity index is 1.40. The molecule has 0 unspecified atom stereocenters. The van der Waals surface area contributed by atoms with Crippen molar-refractivity contribution in [3.8, 4) is 0 Å². The lowest BCUT2D eigenvalue weighted by Crippen LogP contribution is -2.58. The monoisotopic (exact) mass is 502 g/mol. The third-order valence-electron chi connectivity index (χ3n) is 7.11. The number of benzene rings is 1. The summed E-state index contributed by atoms with van der Waals surface area (Å²) in [6, 6.07) is 15.5. The van der Waals surface area contributed by atoms with Gasteiger partial charge >= 0.3 is 11.9 Å². The highest BCUT2D eigenvalue weighted by molar-refractivity contribution is 5.83. The van der Waals surface area contributed by atoms with E-state index >= 15 is 0 Å². The molecular weight excluding hydrogens is 472 g/mol. The first-order chi connectivity index (χ1) is 17.9. The minimum Gasteiger partial charge on any atom is -0.480 e. The Morgan fingerprint density at radius 3 is 1.81 bits per heavy atom. The van der Waals surface area contributed by atoms with Crippen LogP contribution in [-0.2, 0) is 9.59 Å². The molecule has 2 fully saturated rings. The Morgan fingerprint density at radius 1 is 0.757 bits per heavy atom. The Hall–Kier alpha value is -4.34. The molecular formula is C27H30N6O4. The highest BCUT2D eigenvalue weighted by Gasteiger charge is 2.36. The third-order valence-corrected chi connectivity index (χ3v) is 7.11. The van der Waals surface area contributed by atoms with Crippen molar-refractivity contribution in [3.63, 3.8) is 0 Å². The van der Waals surface area contributed by atoms with Gasteiger partial charge in [0.15, 0.2) is 0 Å². The van der Waals surface area contributed by atoms with Gasteiger partial charge < -0.3 is 29.8 Å². The van der Waals surface area contributed by atoms with Crippen LogP contribution < -0.4 is 19.6 Å². The van der Waals surface area contributed by atoms with Crippen molar-refractivity contribution in [2.75, 3.05) is 58.9 Å². The largest absolute Gasteiger partial charge is 0.480 e. The summed E-state index contributed by atoms with van der Waals surface area (Å²) in [5, 5.41) is 20.2. The molecule has 0 radical (unpaired) electrons. The number of pyridine rings is 2. The van der Waals surface area contributed by atoms with Crippen LogP contribution in [0.4, 0.5) is 23.0 Å². The second kappa shape index (κ2) is 10.3. The Bertz CT molecular complexity index is 1260. The molecule has 10 nitrogen and oxygen atoms in total. The van der Waals surface area contributed by atoms with E-state index in [0.29, 0.717) is 39.3 Å². The number of hydrogen-bond acceptors (Lipinski definition) is 8. The number of carboxylic acids is 2. The Kier molecular flexibility index (Phi) is 6.80. The standard InChI is InChI=1S/C27H30N6O4/c1-19-8-9-20(32-14-12-30(17-22(32)26(34)35)24-6-2-4-10-28-24)16-21(19)33-15-13-31(18-23(33)27(36)37)25-7-3-5-11-29-25/h2-11,16,22-23H,12-15,17-18H2,1H3,(H,34,35)(H,36,37)/t22-,23-/m0/s1. The average Bonchev–Trinajstić information content (AvgIpc) is 2.93. The summed E-state index contributed by atoms with van der Waals surface area (Å²) in [5.41, 5.74) is 2.52. The molecule has 0 amide bonds. The topological polar surface area (TPSA) is 113 Å². The minimum absolute atomic E-state index is 0.302. The van der Waals surface area contributed by atoms with E-state index in [-0.39, 0.29) is 0 Å². The fraction of sp³-hybridized carbons (Fsp3) is 0.333. The zero-order valence-corrected chi connectivity index (χ0v) is 20.6. The van der Waals surface area contributed by atoms with Gasteiger partial charge in [0.2, 0.25) is 0 Å². The number of piperazine rings is 2. The molecule has 2 saturated heterocycles. The summed E-state index contributed by atoms with van der Waals surface area (Å²) in [4.78, 5) is 41.2. The smallest absolute Gasteiger partial charge is 0.328 e. The van der Waals surface area contributed by atoms with Crippen molar-refractivity contribution in [1.82, 2.24) is 9.97 Å². The van der Waals surface area contributed by atoms with Crippen molar-refractivity contribution in [2.24, 2.45) is 0 Å². The fourth-order valence-electron chi connectivity index (χ4n) is 5.17. The van der Waals surface area contributed by atoms with Gasteiger partial charge in [0, 0.05) is 49.9 Å². The van der Waals surface area contributed by atoms with Crippen LogP contribution in [0.15, 0.2) is 67.0 Å². The predicted octanol–water partition coefficient (Wildman–Crippen LogP) is 2.34. The summed E-state index contributed by atoms with van der Waals surface area (Å²) >= 11 is 0. The lowest BCUT2D eigenvalue weighted by molar-refractivity contribution is -0.139. The molecule has 2 aliphatic heterocycles. The van der Waals surface area contributed by atoms with Crippen LogP contribution >= 0.6 is 0 Å². The highest BCUT2D eigenvalue weighted by Crippen LogP contribution is 2.32. The van der Waals surface area contributed by atoms with Gasteiger partial charge in [-0.15, -0.1) is 0 Å². The van der Waals surface area contributed by atoms with Gasteiger partial charge in [-0.1, -0.05) is 18.2 Å². The predicted molar refractivity (Wildman–Crippen MR) is 142 cm³/mol. The molecule has 1 aromatic carbocycles. The Labute approximate surface area is 215 Å². The number of carboxylic acid groups (broad SMARTS) is 2. The van der Waals surface area contributed by atoms with E-state index in [1.54, 1.807) is 12.4 Å². The maximum absolute atomic E-state index is 12.3. The van der Waals surface area contributed by atoms with E-state index in [0.717, 1.165) is 28.6 Å². The van der Waals surface area contributed by atoms with Gasteiger partial charge in [-0.2, -0.15) is 0 Å².